The molecule has 0 aliphatic rings. The first-order chi connectivity index (χ1) is 12.2. The standard InChI is InChI=1S/C21H24N2OS/c1-3-13-23(14-17-9-11-18(15-24)12-10-17)21-22-20(16(2)25-21)19-7-5-4-6-8-19/h4-12,24H,3,13-15H2,1-2H3. The molecule has 1 heterocycles. The first kappa shape index (κ1) is 17.6. The first-order valence-corrected chi connectivity index (χ1v) is 9.49. The molecule has 0 spiro atoms. The Morgan fingerprint density at radius 1 is 1.00 bits per heavy atom. The van der Waals surface area contributed by atoms with E-state index in [0.717, 1.165) is 35.9 Å². The predicted octanol–water partition coefficient (Wildman–Crippen LogP) is 5.03. The van der Waals surface area contributed by atoms with E-state index in [1.54, 1.807) is 11.3 Å². The highest BCUT2D eigenvalue weighted by atomic mass is 32.1. The molecule has 0 aliphatic heterocycles. The van der Waals surface area contributed by atoms with Crippen molar-refractivity contribution >= 4 is 16.5 Å². The highest BCUT2D eigenvalue weighted by Crippen LogP contribution is 2.33. The fraction of sp³-hybridized carbons (Fsp3) is 0.286. The molecule has 130 valence electrons. The SMILES string of the molecule is CCCN(Cc1ccc(CO)cc1)c1nc(-c2ccccc2)c(C)s1. The highest BCUT2D eigenvalue weighted by molar-refractivity contribution is 7.16. The van der Waals surface area contributed by atoms with E-state index in [0.29, 0.717) is 0 Å². The van der Waals surface area contributed by atoms with Gasteiger partial charge in [0.1, 0.15) is 0 Å². The van der Waals surface area contributed by atoms with Crippen molar-refractivity contribution in [2.45, 2.75) is 33.4 Å². The maximum absolute atomic E-state index is 9.20. The van der Waals surface area contributed by atoms with Gasteiger partial charge in [-0.05, 0) is 24.5 Å². The second-order valence-corrected chi connectivity index (χ2v) is 7.35. The lowest BCUT2D eigenvalue weighted by molar-refractivity contribution is 0.282. The zero-order chi connectivity index (χ0) is 17.6. The van der Waals surface area contributed by atoms with Crippen molar-refractivity contribution in [3.05, 3.63) is 70.6 Å². The molecule has 1 N–H and O–H groups in total. The van der Waals surface area contributed by atoms with Crippen LogP contribution in [0, 0.1) is 6.92 Å². The molecule has 25 heavy (non-hydrogen) atoms. The molecule has 0 radical (unpaired) electrons. The Bertz CT molecular complexity index is 797. The number of rotatable bonds is 7. The Hall–Kier alpha value is -2.17. The Balaban J connectivity index is 1.85. The number of anilines is 1. The number of aliphatic hydroxyl groups excluding tert-OH is 1. The zero-order valence-electron chi connectivity index (χ0n) is 14.8. The van der Waals surface area contributed by atoms with E-state index < -0.39 is 0 Å². The van der Waals surface area contributed by atoms with Crippen LogP contribution in [0.25, 0.3) is 11.3 Å². The summed E-state index contributed by atoms with van der Waals surface area (Å²) in [6.45, 7) is 6.23. The van der Waals surface area contributed by atoms with E-state index in [4.69, 9.17) is 4.98 Å². The summed E-state index contributed by atoms with van der Waals surface area (Å²) in [7, 11) is 0. The van der Waals surface area contributed by atoms with Gasteiger partial charge in [0.05, 0.1) is 12.3 Å². The number of aliphatic hydroxyl groups is 1. The lowest BCUT2D eigenvalue weighted by Crippen LogP contribution is -2.23. The van der Waals surface area contributed by atoms with Crippen molar-refractivity contribution in [3.63, 3.8) is 0 Å². The van der Waals surface area contributed by atoms with Crippen LogP contribution in [0.15, 0.2) is 54.6 Å². The molecule has 0 aliphatic carbocycles. The van der Waals surface area contributed by atoms with Crippen LogP contribution in [-0.4, -0.2) is 16.6 Å². The van der Waals surface area contributed by atoms with Crippen LogP contribution in [0.1, 0.15) is 29.3 Å². The third-order valence-electron chi connectivity index (χ3n) is 4.18. The summed E-state index contributed by atoms with van der Waals surface area (Å²) in [5, 5.41) is 10.3. The predicted molar refractivity (Wildman–Crippen MR) is 106 cm³/mol. The first-order valence-electron chi connectivity index (χ1n) is 8.67. The topological polar surface area (TPSA) is 36.4 Å². The van der Waals surface area contributed by atoms with Crippen molar-refractivity contribution in [2.75, 3.05) is 11.4 Å². The summed E-state index contributed by atoms with van der Waals surface area (Å²) < 4.78 is 0. The molecule has 4 heteroatoms. The zero-order valence-corrected chi connectivity index (χ0v) is 15.6. The summed E-state index contributed by atoms with van der Waals surface area (Å²) >= 11 is 1.76. The van der Waals surface area contributed by atoms with Crippen molar-refractivity contribution < 1.29 is 5.11 Å². The Kier molecular flexibility index (Phi) is 5.84. The largest absolute Gasteiger partial charge is 0.392 e. The lowest BCUT2D eigenvalue weighted by Gasteiger charge is -2.21. The van der Waals surface area contributed by atoms with Gasteiger partial charge in [0.25, 0.3) is 0 Å². The van der Waals surface area contributed by atoms with Crippen LogP contribution < -0.4 is 4.90 Å². The molecular formula is C21H24N2OS. The lowest BCUT2D eigenvalue weighted by atomic mass is 10.1. The van der Waals surface area contributed by atoms with Gasteiger partial charge in [0, 0.05) is 23.5 Å². The fourth-order valence-corrected chi connectivity index (χ4v) is 3.82. The van der Waals surface area contributed by atoms with Gasteiger partial charge in [-0.2, -0.15) is 0 Å². The average Bonchev–Trinajstić information content (AvgIpc) is 3.04. The average molecular weight is 353 g/mol. The quantitative estimate of drug-likeness (QED) is 0.648. The Labute approximate surface area is 153 Å². The van der Waals surface area contributed by atoms with Crippen molar-refractivity contribution in [2.24, 2.45) is 0 Å². The van der Waals surface area contributed by atoms with E-state index in [1.165, 1.54) is 16.0 Å². The van der Waals surface area contributed by atoms with Crippen molar-refractivity contribution in [1.82, 2.24) is 4.98 Å². The van der Waals surface area contributed by atoms with Crippen LogP contribution in [0.3, 0.4) is 0 Å². The smallest absolute Gasteiger partial charge is 0.186 e. The molecule has 0 atom stereocenters. The maximum Gasteiger partial charge on any atom is 0.186 e. The van der Waals surface area contributed by atoms with Gasteiger partial charge < -0.3 is 10.0 Å². The van der Waals surface area contributed by atoms with Gasteiger partial charge in [-0.25, -0.2) is 4.98 Å². The Morgan fingerprint density at radius 3 is 2.32 bits per heavy atom. The molecule has 0 bridgehead atoms. The number of aryl methyl sites for hydroxylation is 1. The van der Waals surface area contributed by atoms with Crippen LogP contribution >= 0.6 is 11.3 Å². The second kappa shape index (κ2) is 8.28. The van der Waals surface area contributed by atoms with Crippen molar-refractivity contribution in [1.29, 1.82) is 0 Å². The number of thiazole rings is 1. The Morgan fingerprint density at radius 2 is 1.68 bits per heavy atom. The summed E-state index contributed by atoms with van der Waals surface area (Å²) in [5.74, 6) is 0. The van der Waals surface area contributed by atoms with Crippen LogP contribution in [0.2, 0.25) is 0 Å². The van der Waals surface area contributed by atoms with E-state index in [-0.39, 0.29) is 6.61 Å². The molecular weight excluding hydrogens is 328 g/mol. The molecule has 3 nitrogen and oxygen atoms in total. The number of hydrogen-bond acceptors (Lipinski definition) is 4. The molecule has 3 rings (SSSR count). The number of nitrogens with zero attached hydrogens (tertiary/aromatic N) is 2. The van der Waals surface area contributed by atoms with Gasteiger partial charge in [-0.3, -0.25) is 0 Å². The van der Waals surface area contributed by atoms with E-state index in [1.807, 2.05) is 18.2 Å². The molecule has 1 aromatic heterocycles. The minimum atomic E-state index is 0.0884. The number of hydrogen-bond donors (Lipinski definition) is 1. The van der Waals surface area contributed by atoms with Crippen LogP contribution in [-0.2, 0) is 13.2 Å². The molecule has 0 saturated carbocycles. The molecule has 0 fully saturated rings. The van der Waals surface area contributed by atoms with E-state index in [2.05, 4.69) is 55.1 Å². The normalized spacial score (nSPS) is 10.8. The fourth-order valence-electron chi connectivity index (χ4n) is 2.86. The minimum Gasteiger partial charge on any atom is -0.392 e. The molecule has 0 unspecified atom stereocenters. The summed E-state index contributed by atoms with van der Waals surface area (Å²) in [6.07, 6.45) is 1.08. The van der Waals surface area contributed by atoms with Crippen LogP contribution in [0.5, 0.6) is 0 Å². The summed E-state index contributed by atoms with van der Waals surface area (Å²) in [6, 6.07) is 18.5. The molecule has 0 amide bonds. The van der Waals surface area contributed by atoms with Gasteiger partial charge in [-0.1, -0.05) is 61.5 Å². The van der Waals surface area contributed by atoms with Crippen molar-refractivity contribution in [3.8, 4) is 11.3 Å². The van der Waals surface area contributed by atoms with Gasteiger partial charge in [0.15, 0.2) is 5.13 Å². The highest BCUT2D eigenvalue weighted by Gasteiger charge is 2.15. The number of benzene rings is 2. The number of aromatic nitrogens is 1. The molecule has 0 saturated heterocycles. The maximum atomic E-state index is 9.20. The third-order valence-corrected chi connectivity index (χ3v) is 5.21. The minimum absolute atomic E-state index is 0.0884. The molecule has 3 aromatic rings. The van der Waals surface area contributed by atoms with Gasteiger partial charge in [0.2, 0.25) is 0 Å². The monoisotopic (exact) mass is 352 g/mol. The summed E-state index contributed by atoms with van der Waals surface area (Å²) in [5.41, 5.74) is 4.44. The second-order valence-electron chi connectivity index (χ2n) is 6.16. The van der Waals surface area contributed by atoms with Gasteiger partial charge in [-0.15, -0.1) is 11.3 Å². The van der Waals surface area contributed by atoms with Gasteiger partial charge >= 0.3 is 0 Å². The summed E-state index contributed by atoms with van der Waals surface area (Å²) in [4.78, 5) is 8.53. The third kappa shape index (κ3) is 4.27. The van der Waals surface area contributed by atoms with E-state index >= 15 is 0 Å². The van der Waals surface area contributed by atoms with Crippen LogP contribution in [0.4, 0.5) is 5.13 Å². The van der Waals surface area contributed by atoms with E-state index in [9.17, 15) is 5.11 Å². The molecule has 2 aromatic carbocycles.